The van der Waals surface area contributed by atoms with Crippen LogP contribution < -0.4 is 10.5 Å². The van der Waals surface area contributed by atoms with E-state index < -0.39 is 21.2 Å². The fourth-order valence-electron chi connectivity index (χ4n) is 1.40. The zero-order valence-electron chi connectivity index (χ0n) is 8.88. The summed E-state index contributed by atoms with van der Waals surface area (Å²) in [6.07, 6.45) is -0.229. The summed E-state index contributed by atoms with van der Waals surface area (Å²) in [6.45, 7) is 0. The summed E-state index contributed by atoms with van der Waals surface area (Å²) in [5, 5.41) is -0.934. The molecule has 0 saturated carbocycles. The molecule has 6 heteroatoms. The molecule has 0 spiro atoms. The highest BCUT2D eigenvalue weighted by atomic mass is 32.2. The second-order valence-corrected chi connectivity index (χ2v) is 5.39. The third-order valence-electron chi connectivity index (χ3n) is 2.22. The van der Waals surface area contributed by atoms with Crippen LogP contribution in [0.4, 0.5) is 0 Å². The minimum atomic E-state index is -3.56. The smallest absolute Gasteiger partial charge is 0.219 e. The molecule has 3 N–H and O–H groups in total. The van der Waals surface area contributed by atoms with Gasteiger partial charge in [-0.3, -0.25) is 4.79 Å². The van der Waals surface area contributed by atoms with Gasteiger partial charge < -0.3 is 5.73 Å². The van der Waals surface area contributed by atoms with Gasteiger partial charge in [0.05, 0.1) is 0 Å². The first-order valence-electron chi connectivity index (χ1n) is 4.73. The van der Waals surface area contributed by atoms with E-state index >= 15 is 0 Å². The summed E-state index contributed by atoms with van der Waals surface area (Å²) in [5.74, 6) is -0.646. The molecule has 1 unspecified atom stereocenters. The number of nitrogens with one attached hydrogen (secondary N) is 1. The first kappa shape index (κ1) is 12.7. The molecule has 0 heterocycles. The standard InChI is InChI=1S/C10H14N2O3S/c1-12-16(14,15)9(7-10(11)13)8-5-3-2-4-6-8/h2-6,9,12H,7H2,1H3,(H2,11,13). The summed E-state index contributed by atoms with van der Waals surface area (Å²) in [7, 11) is -2.25. The summed E-state index contributed by atoms with van der Waals surface area (Å²) in [6, 6.07) is 8.52. The Morgan fingerprint density at radius 2 is 1.94 bits per heavy atom. The van der Waals surface area contributed by atoms with Crippen LogP contribution in [0, 0.1) is 0 Å². The largest absolute Gasteiger partial charge is 0.370 e. The van der Waals surface area contributed by atoms with Crippen molar-refractivity contribution in [3.8, 4) is 0 Å². The van der Waals surface area contributed by atoms with Gasteiger partial charge in [-0.05, 0) is 12.6 Å². The highest BCUT2D eigenvalue weighted by Crippen LogP contribution is 2.24. The molecule has 1 rings (SSSR count). The molecule has 0 aliphatic heterocycles. The van der Waals surface area contributed by atoms with Crippen molar-refractivity contribution in [2.24, 2.45) is 5.73 Å². The topological polar surface area (TPSA) is 89.3 Å². The van der Waals surface area contributed by atoms with Crippen LogP contribution in [0.2, 0.25) is 0 Å². The Morgan fingerprint density at radius 3 is 2.38 bits per heavy atom. The molecule has 1 aromatic rings. The molecule has 1 amide bonds. The highest BCUT2D eigenvalue weighted by Gasteiger charge is 2.27. The third-order valence-corrected chi connectivity index (χ3v) is 3.97. The van der Waals surface area contributed by atoms with Crippen LogP contribution in [0.15, 0.2) is 30.3 Å². The Balaban J connectivity index is 3.12. The zero-order chi connectivity index (χ0) is 12.2. The van der Waals surface area contributed by atoms with Crippen molar-refractivity contribution in [1.82, 2.24) is 4.72 Å². The second kappa shape index (κ2) is 5.09. The lowest BCUT2D eigenvalue weighted by atomic mass is 10.1. The molecule has 0 aliphatic rings. The van der Waals surface area contributed by atoms with Crippen LogP contribution in [-0.4, -0.2) is 21.4 Å². The van der Waals surface area contributed by atoms with Crippen molar-refractivity contribution >= 4 is 15.9 Å². The quantitative estimate of drug-likeness (QED) is 0.770. The average Bonchev–Trinajstić information content (AvgIpc) is 2.27. The average molecular weight is 242 g/mol. The van der Waals surface area contributed by atoms with E-state index in [-0.39, 0.29) is 6.42 Å². The molecule has 88 valence electrons. The summed E-state index contributed by atoms with van der Waals surface area (Å²) in [5.41, 5.74) is 5.60. The molecular formula is C10H14N2O3S. The summed E-state index contributed by atoms with van der Waals surface area (Å²) >= 11 is 0. The van der Waals surface area contributed by atoms with Crippen molar-refractivity contribution in [2.75, 3.05) is 7.05 Å². The number of amides is 1. The van der Waals surface area contributed by atoms with Gasteiger partial charge in [0, 0.05) is 6.42 Å². The lowest BCUT2D eigenvalue weighted by Gasteiger charge is -2.15. The van der Waals surface area contributed by atoms with Crippen LogP contribution in [0.3, 0.4) is 0 Å². The molecule has 0 radical (unpaired) electrons. The number of hydrogen-bond donors (Lipinski definition) is 2. The van der Waals surface area contributed by atoms with E-state index in [0.717, 1.165) is 0 Å². The van der Waals surface area contributed by atoms with E-state index in [0.29, 0.717) is 5.56 Å². The van der Waals surface area contributed by atoms with E-state index in [1.54, 1.807) is 30.3 Å². The molecule has 0 fully saturated rings. The first-order valence-corrected chi connectivity index (χ1v) is 6.27. The molecule has 0 bridgehead atoms. The van der Waals surface area contributed by atoms with Crippen molar-refractivity contribution < 1.29 is 13.2 Å². The van der Waals surface area contributed by atoms with Crippen LogP contribution in [-0.2, 0) is 14.8 Å². The SMILES string of the molecule is CNS(=O)(=O)C(CC(N)=O)c1ccccc1. The molecule has 0 aromatic heterocycles. The van der Waals surface area contributed by atoms with Gasteiger partial charge in [-0.15, -0.1) is 0 Å². The normalized spacial score (nSPS) is 13.3. The predicted molar refractivity (Wildman–Crippen MR) is 61.0 cm³/mol. The third kappa shape index (κ3) is 3.04. The van der Waals surface area contributed by atoms with Gasteiger partial charge in [0.15, 0.2) is 0 Å². The monoisotopic (exact) mass is 242 g/mol. The molecule has 16 heavy (non-hydrogen) atoms. The lowest BCUT2D eigenvalue weighted by molar-refractivity contribution is -0.118. The van der Waals surface area contributed by atoms with Crippen molar-refractivity contribution in [2.45, 2.75) is 11.7 Å². The Labute approximate surface area is 94.7 Å². The van der Waals surface area contributed by atoms with Gasteiger partial charge in [-0.25, -0.2) is 13.1 Å². The van der Waals surface area contributed by atoms with Crippen molar-refractivity contribution in [3.63, 3.8) is 0 Å². The maximum atomic E-state index is 11.7. The summed E-state index contributed by atoms with van der Waals surface area (Å²) < 4.78 is 25.6. The van der Waals surface area contributed by atoms with Gasteiger partial charge in [0.1, 0.15) is 5.25 Å². The Hall–Kier alpha value is -1.40. The Morgan fingerprint density at radius 1 is 1.38 bits per heavy atom. The van der Waals surface area contributed by atoms with Crippen molar-refractivity contribution in [3.05, 3.63) is 35.9 Å². The van der Waals surface area contributed by atoms with Gasteiger partial charge in [0.2, 0.25) is 15.9 Å². The zero-order valence-corrected chi connectivity index (χ0v) is 9.70. The summed E-state index contributed by atoms with van der Waals surface area (Å²) in [4.78, 5) is 10.9. The molecule has 5 nitrogen and oxygen atoms in total. The molecule has 1 aromatic carbocycles. The van der Waals surface area contributed by atoms with Crippen LogP contribution in [0.25, 0.3) is 0 Å². The van der Waals surface area contributed by atoms with Gasteiger partial charge in [-0.2, -0.15) is 0 Å². The molecule has 0 aliphatic carbocycles. The fraction of sp³-hybridized carbons (Fsp3) is 0.300. The maximum absolute atomic E-state index is 11.7. The van der Waals surface area contributed by atoms with Crippen LogP contribution in [0.5, 0.6) is 0 Å². The number of nitrogens with two attached hydrogens (primary N) is 1. The second-order valence-electron chi connectivity index (χ2n) is 3.32. The Kier molecular flexibility index (Phi) is 4.03. The maximum Gasteiger partial charge on any atom is 0.219 e. The number of hydrogen-bond acceptors (Lipinski definition) is 3. The number of sulfonamides is 1. The number of benzene rings is 1. The van der Waals surface area contributed by atoms with E-state index in [4.69, 9.17) is 5.73 Å². The lowest BCUT2D eigenvalue weighted by Crippen LogP contribution is -2.29. The van der Waals surface area contributed by atoms with Gasteiger partial charge in [-0.1, -0.05) is 30.3 Å². The predicted octanol–water partition coefficient (Wildman–Crippen LogP) is 0.152. The van der Waals surface area contributed by atoms with Crippen molar-refractivity contribution in [1.29, 1.82) is 0 Å². The molecular weight excluding hydrogens is 228 g/mol. The minimum absolute atomic E-state index is 0.229. The van der Waals surface area contributed by atoms with Crippen LogP contribution >= 0.6 is 0 Å². The van der Waals surface area contributed by atoms with E-state index in [1.165, 1.54) is 7.05 Å². The highest BCUT2D eigenvalue weighted by molar-refractivity contribution is 7.89. The van der Waals surface area contributed by atoms with E-state index in [9.17, 15) is 13.2 Å². The van der Waals surface area contributed by atoms with Gasteiger partial charge in [0.25, 0.3) is 0 Å². The minimum Gasteiger partial charge on any atom is -0.370 e. The van der Waals surface area contributed by atoms with Crippen LogP contribution in [0.1, 0.15) is 17.2 Å². The fourth-order valence-corrected chi connectivity index (χ4v) is 2.58. The number of rotatable bonds is 5. The van der Waals surface area contributed by atoms with Gasteiger partial charge >= 0.3 is 0 Å². The molecule has 1 atom stereocenters. The van der Waals surface area contributed by atoms with E-state index in [2.05, 4.69) is 4.72 Å². The van der Waals surface area contributed by atoms with E-state index in [1.807, 2.05) is 0 Å². The first-order chi connectivity index (χ1) is 7.47. The number of primary amides is 1. The molecule has 0 saturated heterocycles. The number of carbonyl (C=O) groups is 1. The Bertz CT molecular complexity index is 456. The number of carbonyl (C=O) groups excluding carboxylic acids is 1.